The summed E-state index contributed by atoms with van der Waals surface area (Å²) in [6.07, 6.45) is 0. The van der Waals surface area contributed by atoms with Gasteiger partial charge in [-0.05, 0) is 49.4 Å². The van der Waals surface area contributed by atoms with Crippen molar-refractivity contribution in [2.75, 3.05) is 11.9 Å². The summed E-state index contributed by atoms with van der Waals surface area (Å²) in [5, 5.41) is 3.89. The number of nitrogens with one attached hydrogen (secondary N) is 1. The molecule has 0 atom stereocenters. The molecule has 0 aliphatic heterocycles. The normalized spacial score (nSPS) is 10.0. The van der Waals surface area contributed by atoms with Crippen molar-refractivity contribution in [2.45, 2.75) is 6.92 Å². The van der Waals surface area contributed by atoms with Crippen molar-refractivity contribution >= 4 is 28.9 Å². The number of carbonyl (C=O) groups excluding carboxylic acids is 1. The van der Waals surface area contributed by atoms with Gasteiger partial charge in [-0.1, -0.05) is 17.7 Å². The lowest BCUT2D eigenvalue weighted by Gasteiger charge is -2.08. The topological polar surface area (TPSA) is 38.3 Å². The van der Waals surface area contributed by atoms with E-state index in [0.717, 1.165) is 11.4 Å². The van der Waals surface area contributed by atoms with Crippen LogP contribution in [0, 0.1) is 0 Å². The molecule has 0 heterocycles. The van der Waals surface area contributed by atoms with E-state index in [9.17, 15) is 4.79 Å². The molecule has 0 saturated carbocycles. The zero-order valence-corrected chi connectivity index (χ0v) is 11.3. The molecule has 0 saturated heterocycles. The van der Waals surface area contributed by atoms with Crippen LogP contribution in [0.15, 0.2) is 48.5 Å². The van der Waals surface area contributed by atoms with E-state index in [0.29, 0.717) is 17.2 Å². The highest BCUT2D eigenvalue weighted by Gasteiger charge is 2.06. The van der Waals surface area contributed by atoms with Gasteiger partial charge in [0.1, 0.15) is 0 Å². The van der Waals surface area contributed by atoms with Crippen LogP contribution in [0.1, 0.15) is 17.3 Å². The maximum atomic E-state index is 11.6. The third-order valence-corrected chi connectivity index (χ3v) is 2.76. The van der Waals surface area contributed by atoms with Crippen LogP contribution in [-0.4, -0.2) is 12.6 Å². The van der Waals surface area contributed by atoms with E-state index < -0.39 is 0 Å². The summed E-state index contributed by atoms with van der Waals surface area (Å²) in [6, 6.07) is 14.5. The first-order valence-electron chi connectivity index (χ1n) is 5.99. The Morgan fingerprint density at radius 1 is 1.16 bits per heavy atom. The van der Waals surface area contributed by atoms with Gasteiger partial charge in [-0.2, -0.15) is 0 Å². The van der Waals surface area contributed by atoms with Gasteiger partial charge < -0.3 is 10.1 Å². The van der Waals surface area contributed by atoms with Crippen molar-refractivity contribution in [3.8, 4) is 0 Å². The van der Waals surface area contributed by atoms with Gasteiger partial charge in [0.2, 0.25) is 0 Å². The number of anilines is 2. The first-order valence-corrected chi connectivity index (χ1v) is 6.36. The Hall–Kier alpha value is -2.00. The standard InChI is InChI=1S/C15H14ClNO2/c1-2-19-15(18)11-4-3-5-14(10-11)17-13-8-6-12(16)7-9-13/h3-10,17H,2H2,1H3. The van der Waals surface area contributed by atoms with E-state index in [1.165, 1.54) is 0 Å². The minimum Gasteiger partial charge on any atom is -0.462 e. The largest absolute Gasteiger partial charge is 0.462 e. The number of carbonyl (C=O) groups is 1. The van der Waals surface area contributed by atoms with Crippen molar-refractivity contribution in [1.82, 2.24) is 0 Å². The first-order chi connectivity index (χ1) is 9.19. The van der Waals surface area contributed by atoms with Gasteiger partial charge in [0, 0.05) is 16.4 Å². The van der Waals surface area contributed by atoms with E-state index in [2.05, 4.69) is 5.32 Å². The van der Waals surface area contributed by atoms with Crippen LogP contribution in [0.5, 0.6) is 0 Å². The summed E-state index contributed by atoms with van der Waals surface area (Å²) in [7, 11) is 0. The monoisotopic (exact) mass is 275 g/mol. The van der Waals surface area contributed by atoms with Crippen LogP contribution in [-0.2, 0) is 4.74 Å². The van der Waals surface area contributed by atoms with Crippen molar-refractivity contribution in [3.05, 3.63) is 59.1 Å². The Kier molecular flexibility index (Phi) is 4.42. The maximum Gasteiger partial charge on any atom is 0.338 e. The Morgan fingerprint density at radius 2 is 1.89 bits per heavy atom. The molecule has 4 heteroatoms. The average Bonchev–Trinajstić information content (AvgIpc) is 2.42. The van der Waals surface area contributed by atoms with Gasteiger partial charge in [-0.25, -0.2) is 4.79 Å². The van der Waals surface area contributed by atoms with Crippen molar-refractivity contribution in [1.29, 1.82) is 0 Å². The Bertz CT molecular complexity index is 567. The second kappa shape index (κ2) is 6.25. The van der Waals surface area contributed by atoms with Crippen LogP contribution in [0.3, 0.4) is 0 Å². The Morgan fingerprint density at radius 3 is 2.58 bits per heavy atom. The van der Waals surface area contributed by atoms with Crippen molar-refractivity contribution in [3.63, 3.8) is 0 Å². The molecule has 0 radical (unpaired) electrons. The zero-order chi connectivity index (χ0) is 13.7. The molecule has 0 amide bonds. The summed E-state index contributed by atoms with van der Waals surface area (Å²) in [4.78, 5) is 11.6. The van der Waals surface area contributed by atoms with Crippen LogP contribution in [0.2, 0.25) is 5.02 Å². The molecule has 2 aromatic carbocycles. The van der Waals surface area contributed by atoms with Crippen molar-refractivity contribution in [2.24, 2.45) is 0 Å². The molecular formula is C15H14ClNO2. The lowest BCUT2D eigenvalue weighted by Crippen LogP contribution is -2.04. The highest BCUT2D eigenvalue weighted by molar-refractivity contribution is 6.30. The molecule has 3 nitrogen and oxygen atoms in total. The van der Waals surface area contributed by atoms with Gasteiger partial charge in [0.05, 0.1) is 12.2 Å². The number of esters is 1. The molecule has 98 valence electrons. The summed E-state index contributed by atoms with van der Waals surface area (Å²) in [6.45, 7) is 2.15. The molecule has 0 aliphatic rings. The molecule has 2 rings (SSSR count). The van der Waals surface area contributed by atoms with Crippen LogP contribution in [0.4, 0.5) is 11.4 Å². The lowest BCUT2D eigenvalue weighted by molar-refractivity contribution is 0.0526. The van der Waals surface area contributed by atoms with Gasteiger partial charge in [0.15, 0.2) is 0 Å². The fourth-order valence-electron chi connectivity index (χ4n) is 1.64. The molecule has 19 heavy (non-hydrogen) atoms. The highest BCUT2D eigenvalue weighted by Crippen LogP contribution is 2.20. The van der Waals surface area contributed by atoms with E-state index in [1.807, 2.05) is 24.3 Å². The Balaban J connectivity index is 2.15. The summed E-state index contributed by atoms with van der Waals surface area (Å²) >= 11 is 5.83. The number of hydrogen-bond acceptors (Lipinski definition) is 3. The summed E-state index contributed by atoms with van der Waals surface area (Å²) in [5.74, 6) is -0.317. The Labute approximate surface area is 117 Å². The smallest absolute Gasteiger partial charge is 0.338 e. The molecule has 0 aromatic heterocycles. The molecule has 0 spiro atoms. The highest BCUT2D eigenvalue weighted by atomic mass is 35.5. The van der Waals surface area contributed by atoms with Gasteiger partial charge >= 0.3 is 5.97 Å². The molecule has 1 N–H and O–H groups in total. The fourth-order valence-corrected chi connectivity index (χ4v) is 1.76. The third kappa shape index (κ3) is 3.73. The van der Waals surface area contributed by atoms with Crippen LogP contribution < -0.4 is 5.32 Å². The number of ether oxygens (including phenoxy) is 1. The molecule has 0 bridgehead atoms. The van der Waals surface area contributed by atoms with Gasteiger partial charge in [-0.15, -0.1) is 0 Å². The predicted molar refractivity (Wildman–Crippen MR) is 77.1 cm³/mol. The number of benzene rings is 2. The zero-order valence-electron chi connectivity index (χ0n) is 10.5. The van der Waals surface area contributed by atoms with Gasteiger partial charge in [0.25, 0.3) is 0 Å². The van der Waals surface area contributed by atoms with E-state index in [-0.39, 0.29) is 5.97 Å². The average molecular weight is 276 g/mol. The second-order valence-electron chi connectivity index (χ2n) is 3.93. The maximum absolute atomic E-state index is 11.6. The van der Waals surface area contributed by atoms with E-state index in [1.54, 1.807) is 31.2 Å². The number of halogens is 1. The van der Waals surface area contributed by atoms with Gasteiger partial charge in [-0.3, -0.25) is 0 Å². The van der Waals surface area contributed by atoms with Crippen molar-refractivity contribution < 1.29 is 9.53 Å². The molecule has 0 fully saturated rings. The molecular weight excluding hydrogens is 262 g/mol. The molecule has 0 unspecified atom stereocenters. The van der Waals surface area contributed by atoms with E-state index in [4.69, 9.17) is 16.3 Å². The van der Waals surface area contributed by atoms with Crippen LogP contribution in [0.25, 0.3) is 0 Å². The minimum absolute atomic E-state index is 0.317. The molecule has 0 aliphatic carbocycles. The first kappa shape index (κ1) is 13.4. The fraction of sp³-hybridized carbons (Fsp3) is 0.133. The molecule has 2 aromatic rings. The second-order valence-corrected chi connectivity index (χ2v) is 4.37. The lowest BCUT2D eigenvalue weighted by atomic mass is 10.2. The minimum atomic E-state index is -0.317. The quantitative estimate of drug-likeness (QED) is 0.847. The summed E-state index contributed by atoms with van der Waals surface area (Å²) in [5.41, 5.74) is 2.26. The van der Waals surface area contributed by atoms with E-state index >= 15 is 0 Å². The SMILES string of the molecule is CCOC(=O)c1cccc(Nc2ccc(Cl)cc2)c1. The van der Waals surface area contributed by atoms with Crippen LogP contribution >= 0.6 is 11.6 Å². The third-order valence-electron chi connectivity index (χ3n) is 2.51. The summed E-state index contributed by atoms with van der Waals surface area (Å²) < 4.78 is 4.96. The number of rotatable bonds is 4. The number of hydrogen-bond donors (Lipinski definition) is 1. The predicted octanol–water partition coefficient (Wildman–Crippen LogP) is 4.26.